The number of hydrogen-bond acceptors (Lipinski definition) is 8. The van der Waals surface area contributed by atoms with Crippen LogP contribution in [0.2, 0.25) is 11.4 Å². The number of hydrogen-bond donors (Lipinski definition) is 3. The third-order valence-electron chi connectivity index (χ3n) is 13.3. The molecule has 1 aliphatic carbocycles. The van der Waals surface area contributed by atoms with Crippen molar-refractivity contribution in [2.75, 3.05) is 16.8 Å². The first-order valence-electron chi connectivity index (χ1n) is 22.5. The number of phenolic OH excluding ortho intramolecular Hbond substituents is 1. The number of allylic oxidation sites excluding steroid dienone is 1. The zero-order valence-corrected chi connectivity index (χ0v) is 38.0. The van der Waals surface area contributed by atoms with Crippen molar-refractivity contribution >= 4 is 66.3 Å². The molecule has 0 radical (unpaired) electrons. The summed E-state index contributed by atoms with van der Waals surface area (Å²) in [5.41, 5.74) is 6.85. The fourth-order valence-corrected chi connectivity index (χ4v) is 14.9. The molecule has 0 unspecified atom stereocenters. The minimum absolute atomic E-state index is 0.180. The lowest BCUT2D eigenvalue weighted by atomic mass is 9.58. The third kappa shape index (κ3) is 8.89. The number of nitrogens with zero attached hydrogens (tertiary/aromatic N) is 2. The van der Waals surface area contributed by atoms with Crippen LogP contribution in [-0.4, -0.2) is 55.1 Å². The second kappa shape index (κ2) is 18.6. The molecule has 328 valence electrons. The van der Waals surface area contributed by atoms with Crippen molar-refractivity contribution < 1.29 is 28.8 Å². The van der Waals surface area contributed by atoms with Gasteiger partial charge in [0.25, 0.3) is 8.32 Å². The van der Waals surface area contributed by atoms with Gasteiger partial charge in [-0.25, -0.2) is 0 Å². The molecular weight excluding hydrogens is 826 g/mol. The Morgan fingerprint density at radius 3 is 2.03 bits per heavy atom. The first-order valence-corrected chi connectivity index (χ1v) is 24.4. The Balaban J connectivity index is 1.11. The average Bonchev–Trinajstić information content (AvgIpc) is 3.57. The average molecular weight is 880 g/mol. The quantitative estimate of drug-likeness (QED) is 0.0597. The molecule has 9 rings (SSSR count). The van der Waals surface area contributed by atoms with Gasteiger partial charge in [-0.2, -0.15) is 0 Å². The lowest BCUT2D eigenvalue weighted by Gasteiger charge is -2.46. The highest BCUT2D eigenvalue weighted by molar-refractivity contribution is 6.99. The lowest BCUT2D eigenvalue weighted by Crippen LogP contribution is -2.66. The van der Waals surface area contributed by atoms with Crippen LogP contribution in [0.25, 0.3) is 11.6 Å². The molecule has 11 heteroatoms. The summed E-state index contributed by atoms with van der Waals surface area (Å²) >= 11 is 0. The molecule has 65 heavy (non-hydrogen) atoms. The standard InChI is InChI=1S/C54H54BN3O6Si/c1-54(2,3)65(44-17-9-5-10-18-44,45-19-11-6-12-20-45)63-36-39-34-46-51(53(61)58(52(46)60)42-27-25-41(26-28-42)57-40-15-7-4-8-16-40)47-35-55(62)64-49(50(39)47)31-24-38(48-21-13-14-32-56-48)33-37-22-29-43(59)30-23-37/h4-23,25-30,32-33,46-47,49,51,57,59,62H,24,31,34-36H2,1-3H3/b38-33-/t46-,47+,49-,51-/m1/s1. The zero-order chi connectivity index (χ0) is 45.1. The topological polar surface area (TPSA) is 121 Å². The van der Waals surface area contributed by atoms with E-state index in [9.17, 15) is 19.7 Å². The van der Waals surface area contributed by atoms with Gasteiger partial charge in [0.2, 0.25) is 11.8 Å². The van der Waals surface area contributed by atoms with E-state index >= 15 is 0 Å². The number of imide groups is 1. The van der Waals surface area contributed by atoms with Crippen LogP contribution in [0, 0.1) is 17.8 Å². The molecule has 0 saturated carbocycles. The smallest absolute Gasteiger partial charge is 0.455 e. The SMILES string of the molecule is CC(C)(C)[Si](OCC1=C2[C@@H](CC/C(=C/c3ccc(O)cc3)c3ccccn3)OB(O)C[C@@H]2[C@@H]2C(=O)N(c3ccc(Nc4ccccc4)cc3)C(=O)[C@@H]2C1)(c1ccccc1)c1ccccc1. The van der Waals surface area contributed by atoms with Gasteiger partial charge in [0.05, 0.1) is 35.9 Å². The maximum absolute atomic E-state index is 14.9. The normalized spacial score (nSPS) is 20.2. The number of phenols is 1. The van der Waals surface area contributed by atoms with Gasteiger partial charge in [0, 0.05) is 17.6 Å². The summed E-state index contributed by atoms with van der Waals surface area (Å²) in [6.45, 7) is 6.97. The van der Waals surface area contributed by atoms with Crippen molar-refractivity contribution in [1.29, 1.82) is 0 Å². The number of para-hydroxylation sites is 1. The van der Waals surface area contributed by atoms with E-state index in [1.165, 1.54) is 4.90 Å². The van der Waals surface area contributed by atoms with Crippen LogP contribution in [0.3, 0.4) is 0 Å². The number of aromatic nitrogens is 1. The molecule has 2 amide bonds. The molecule has 3 heterocycles. The number of amides is 2. The van der Waals surface area contributed by atoms with E-state index < -0.39 is 39.3 Å². The molecule has 5 aromatic carbocycles. The Hall–Kier alpha value is -6.37. The van der Waals surface area contributed by atoms with Crippen molar-refractivity contribution in [1.82, 2.24) is 4.98 Å². The Kier molecular flexibility index (Phi) is 12.6. The molecule has 1 aromatic heterocycles. The first-order chi connectivity index (χ1) is 31.5. The van der Waals surface area contributed by atoms with Crippen molar-refractivity contribution in [2.45, 2.75) is 57.5 Å². The Morgan fingerprint density at radius 1 is 0.800 bits per heavy atom. The van der Waals surface area contributed by atoms with E-state index in [2.05, 4.69) is 80.7 Å². The highest BCUT2D eigenvalue weighted by atomic mass is 28.4. The summed E-state index contributed by atoms with van der Waals surface area (Å²) in [7, 11) is -4.19. The van der Waals surface area contributed by atoms with E-state index in [1.807, 2.05) is 97.1 Å². The number of carbonyl (C=O) groups is 2. The maximum Gasteiger partial charge on any atom is 0.455 e. The van der Waals surface area contributed by atoms with Crippen LogP contribution in [-0.2, 0) is 18.7 Å². The second-order valence-corrected chi connectivity index (χ2v) is 22.6. The van der Waals surface area contributed by atoms with Crippen LogP contribution in [0.4, 0.5) is 17.1 Å². The highest BCUT2D eigenvalue weighted by Gasteiger charge is 2.58. The van der Waals surface area contributed by atoms with Gasteiger partial charge < -0.3 is 24.5 Å². The Morgan fingerprint density at radius 2 is 1.42 bits per heavy atom. The van der Waals surface area contributed by atoms with Crippen LogP contribution in [0.5, 0.6) is 5.75 Å². The second-order valence-electron chi connectivity index (χ2n) is 18.3. The fraction of sp³-hybridized carbons (Fsp3) is 0.241. The van der Waals surface area contributed by atoms with Gasteiger partial charge >= 0.3 is 7.12 Å². The Labute approximate surface area is 382 Å². The third-order valence-corrected chi connectivity index (χ3v) is 18.3. The highest BCUT2D eigenvalue weighted by Crippen LogP contribution is 2.52. The largest absolute Gasteiger partial charge is 0.508 e. The van der Waals surface area contributed by atoms with E-state index in [-0.39, 0.29) is 35.5 Å². The van der Waals surface area contributed by atoms with Gasteiger partial charge in [0.15, 0.2) is 0 Å². The summed E-state index contributed by atoms with van der Waals surface area (Å²) in [6.07, 6.45) is 4.77. The molecule has 6 aromatic rings. The van der Waals surface area contributed by atoms with Gasteiger partial charge in [-0.15, -0.1) is 0 Å². The number of anilines is 3. The minimum Gasteiger partial charge on any atom is -0.508 e. The molecule has 3 aliphatic rings. The van der Waals surface area contributed by atoms with Crippen LogP contribution >= 0.6 is 0 Å². The summed E-state index contributed by atoms with van der Waals surface area (Å²) < 4.78 is 14.1. The monoisotopic (exact) mass is 879 g/mol. The number of fused-ring (bicyclic) bond motifs is 3. The number of nitrogens with one attached hydrogen (secondary N) is 1. The summed E-state index contributed by atoms with van der Waals surface area (Å²) in [4.78, 5) is 35.7. The van der Waals surface area contributed by atoms with E-state index in [4.69, 9.17) is 14.1 Å². The maximum atomic E-state index is 14.9. The predicted octanol–water partition coefficient (Wildman–Crippen LogP) is 9.43. The number of benzene rings is 5. The molecule has 9 nitrogen and oxygen atoms in total. The molecule has 3 N–H and O–H groups in total. The number of rotatable bonds is 13. The molecule has 4 atom stereocenters. The van der Waals surface area contributed by atoms with Crippen molar-refractivity contribution in [2.24, 2.45) is 17.8 Å². The summed E-state index contributed by atoms with van der Waals surface area (Å²) in [5, 5.41) is 27.0. The minimum atomic E-state index is -3.04. The number of carbonyl (C=O) groups excluding carboxylic acids is 2. The van der Waals surface area contributed by atoms with Crippen molar-refractivity contribution in [3.63, 3.8) is 0 Å². The molecular formula is C54H54BN3O6Si. The predicted molar refractivity (Wildman–Crippen MR) is 261 cm³/mol. The molecule has 0 bridgehead atoms. The molecule has 2 aliphatic heterocycles. The molecule has 2 saturated heterocycles. The lowest BCUT2D eigenvalue weighted by molar-refractivity contribution is -0.122. The summed E-state index contributed by atoms with van der Waals surface area (Å²) in [6, 6.07) is 51.1. The van der Waals surface area contributed by atoms with Gasteiger partial charge in [0.1, 0.15) is 5.75 Å². The van der Waals surface area contributed by atoms with Crippen molar-refractivity contribution in [3.8, 4) is 5.75 Å². The van der Waals surface area contributed by atoms with Gasteiger partial charge in [-0.05, 0) is 136 Å². The number of pyridine rings is 1. The van der Waals surface area contributed by atoms with Crippen LogP contribution in [0.1, 0.15) is 51.3 Å². The van der Waals surface area contributed by atoms with E-state index in [1.54, 1.807) is 18.3 Å². The van der Waals surface area contributed by atoms with Crippen molar-refractivity contribution in [3.05, 3.63) is 186 Å². The number of aromatic hydroxyl groups is 1. The first kappa shape index (κ1) is 43.9. The molecule has 2 fully saturated rings. The van der Waals surface area contributed by atoms with E-state index in [0.717, 1.165) is 49.7 Å². The molecule has 0 spiro atoms. The summed E-state index contributed by atoms with van der Waals surface area (Å²) in [5.74, 6) is -2.09. The van der Waals surface area contributed by atoms with E-state index in [0.29, 0.717) is 24.9 Å². The fourth-order valence-electron chi connectivity index (χ4n) is 10.4. The van der Waals surface area contributed by atoms with Gasteiger partial charge in [-0.3, -0.25) is 19.5 Å². The zero-order valence-electron chi connectivity index (χ0n) is 37.0. The Bertz CT molecular complexity index is 2640. The van der Waals surface area contributed by atoms with Gasteiger partial charge in [-0.1, -0.05) is 118 Å². The van der Waals surface area contributed by atoms with Crippen LogP contribution < -0.4 is 20.6 Å². The van der Waals surface area contributed by atoms with Crippen LogP contribution in [0.15, 0.2) is 175 Å².